The number of hydrogen-bond acceptors (Lipinski definition) is 2. The Morgan fingerprint density at radius 2 is 1.79 bits per heavy atom. The SMILES string of the molecule is O=C(O)CC1=C(c2ccccc2)NC(=S)NC1c1ccc(Cl)cc1. The van der Waals surface area contributed by atoms with Gasteiger partial charge in [0.2, 0.25) is 0 Å². The lowest BCUT2D eigenvalue weighted by molar-refractivity contribution is -0.136. The lowest BCUT2D eigenvalue weighted by atomic mass is 9.91. The topological polar surface area (TPSA) is 61.4 Å². The third-order valence-corrected chi connectivity index (χ3v) is 4.26. The fourth-order valence-electron chi connectivity index (χ4n) is 2.75. The van der Waals surface area contributed by atoms with E-state index in [1.807, 2.05) is 42.5 Å². The van der Waals surface area contributed by atoms with Crippen LogP contribution in [0.25, 0.3) is 5.70 Å². The molecule has 0 saturated heterocycles. The Labute approximate surface area is 150 Å². The average molecular weight is 359 g/mol. The maximum Gasteiger partial charge on any atom is 0.307 e. The number of thiocarbonyl (C=S) groups is 1. The van der Waals surface area contributed by atoms with Crippen molar-refractivity contribution in [3.05, 3.63) is 76.3 Å². The number of benzene rings is 2. The summed E-state index contributed by atoms with van der Waals surface area (Å²) in [7, 11) is 0. The Hall–Kier alpha value is -2.37. The van der Waals surface area contributed by atoms with Gasteiger partial charge in [-0.2, -0.15) is 0 Å². The summed E-state index contributed by atoms with van der Waals surface area (Å²) in [6.45, 7) is 0. The molecule has 0 aliphatic carbocycles. The number of carboxylic acid groups (broad SMARTS) is 1. The van der Waals surface area contributed by atoms with E-state index in [2.05, 4.69) is 10.6 Å². The molecule has 4 nitrogen and oxygen atoms in total. The lowest BCUT2D eigenvalue weighted by Crippen LogP contribution is -2.43. The first-order chi connectivity index (χ1) is 11.5. The predicted molar refractivity (Wildman–Crippen MR) is 98.7 cm³/mol. The average Bonchev–Trinajstić information content (AvgIpc) is 2.57. The van der Waals surface area contributed by atoms with E-state index in [-0.39, 0.29) is 12.5 Å². The van der Waals surface area contributed by atoms with Gasteiger partial charge in [0.1, 0.15) is 0 Å². The van der Waals surface area contributed by atoms with Crippen LogP contribution in [0.3, 0.4) is 0 Å². The van der Waals surface area contributed by atoms with Gasteiger partial charge < -0.3 is 15.7 Å². The molecule has 1 unspecified atom stereocenters. The van der Waals surface area contributed by atoms with Crippen molar-refractivity contribution in [1.29, 1.82) is 0 Å². The van der Waals surface area contributed by atoms with Crippen LogP contribution in [-0.4, -0.2) is 16.2 Å². The molecule has 24 heavy (non-hydrogen) atoms. The second-order valence-corrected chi connectivity index (χ2v) is 6.26. The van der Waals surface area contributed by atoms with Crippen LogP contribution in [-0.2, 0) is 4.79 Å². The maximum absolute atomic E-state index is 11.4. The van der Waals surface area contributed by atoms with Crippen molar-refractivity contribution < 1.29 is 9.90 Å². The zero-order valence-corrected chi connectivity index (χ0v) is 14.2. The summed E-state index contributed by atoms with van der Waals surface area (Å²) in [4.78, 5) is 11.4. The molecule has 6 heteroatoms. The van der Waals surface area contributed by atoms with Crippen LogP contribution in [0.1, 0.15) is 23.6 Å². The van der Waals surface area contributed by atoms with Crippen molar-refractivity contribution in [3.63, 3.8) is 0 Å². The summed E-state index contributed by atoms with van der Waals surface area (Å²) in [6, 6.07) is 16.6. The first-order valence-electron chi connectivity index (χ1n) is 7.38. The van der Waals surface area contributed by atoms with E-state index in [4.69, 9.17) is 23.8 Å². The lowest BCUT2D eigenvalue weighted by Gasteiger charge is -2.32. The molecule has 0 bridgehead atoms. The van der Waals surface area contributed by atoms with E-state index >= 15 is 0 Å². The molecule has 3 rings (SSSR count). The molecular formula is C18H15ClN2O2S. The van der Waals surface area contributed by atoms with Crippen molar-refractivity contribution in [2.75, 3.05) is 0 Å². The summed E-state index contributed by atoms with van der Waals surface area (Å²) in [5.41, 5.74) is 3.27. The standard InChI is InChI=1S/C18H15ClN2O2S/c19-13-8-6-12(7-9-13)17-14(10-15(22)23)16(20-18(24)21-17)11-4-2-1-3-5-11/h1-9,17H,10H2,(H,22,23)(H2,20,21,24). The van der Waals surface area contributed by atoms with Crippen molar-refractivity contribution in [2.45, 2.75) is 12.5 Å². The van der Waals surface area contributed by atoms with Crippen LogP contribution >= 0.6 is 23.8 Å². The summed E-state index contributed by atoms with van der Waals surface area (Å²) in [6.07, 6.45) is -0.0971. The van der Waals surface area contributed by atoms with Gasteiger partial charge in [-0.3, -0.25) is 4.79 Å². The number of hydrogen-bond donors (Lipinski definition) is 3. The van der Waals surface area contributed by atoms with Crippen LogP contribution in [0.4, 0.5) is 0 Å². The minimum absolute atomic E-state index is 0.0971. The molecule has 0 saturated carbocycles. The summed E-state index contributed by atoms with van der Waals surface area (Å²) in [5.74, 6) is -0.895. The zero-order chi connectivity index (χ0) is 17.1. The van der Waals surface area contributed by atoms with Crippen LogP contribution in [0, 0.1) is 0 Å². The first kappa shape index (κ1) is 16.5. The Morgan fingerprint density at radius 3 is 2.42 bits per heavy atom. The largest absolute Gasteiger partial charge is 0.481 e. The maximum atomic E-state index is 11.4. The smallest absolute Gasteiger partial charge is 0.307 e. The minimum Gasteiger partial charge on any atom is -0.481 e. The minimum atomic E-state index is -0.895. The van der Waals surface area contributed by atoms with Gasteiger partial charge in [-0.15, -0.1) is 0 Å². The third kappa shape index (κ3) is 3.58. The van der Waals surface area contributed by atoms with Gasteiger partial charge in [-0.05, 0) is 41.1 Å². The van der Waals surface area contributed by atoms with E-state index in [0.29, 0.717) is 10.1 Å². The van der Waals surface area contributed by atoms with Crippen LogP contribution in [0.5, 0.6) is 0 Å². The van der Waals surface area contributed by atoms with Gasteiger partial charge in [0.05, 0.1) is 12.5 Å². The Balaban J connectivity index is 2.13. The van der Waals surface area contributed by atoms with E-state index in [1.165, 1.54) is 0 Å². The van der Waals surface area contributed by atoms with E-state index in [1.54, 1.807) is 12.1 Å². The summed E-state index contributed by atoms with van der Waals surface area (Å²) in [5, 5.41) is 16.7. The zero-order valence-electron chi connectivity index (χ0n) is 12.6. The van der Waals surface area contributed by atoms with Crippen molar-refractivity contribution in [2.24, 2.45) is 0 Å². The Morgan fingerprint density at radius 1 is 1.12 bits per heavy atom. The molecule has 1 aliphatic heterocycles. The normalized spacial score (nSPS) is 17.2. The number of aliphatic carboxylic acids is 1. The first-order valence-corrected chi connectivity index (χ1v) is 8.16. The number of carboxylic acids is 1. The van der Waals surface area contributed by atoms with Gasteiger partial charge >= 0.3 is 5.97 Å². The molecule has 2 aromatic rings. The third-order valence-electron chi connectivity index (χ3n) is 3.79. The molecule has 1 aliphatic rings. The van der Waals surface area contributed by atoms with Crippen LogP contribution < -0.4 is 10.6 Å². The monoisotopic (exact) mass is 358 g/mol. The quantitative estimate of drug-likeness (QED) is 0.727. The number of nitrogens with one attached hydrogen (secondary N) is 2. The number of halogens is 1. The van der Waals surface area contributed by atoms with Gasteiger partial charge in [0.25, 0.3) is 0 Å². The highest BCUT2D eigenvalue weighted by Gasteiger charge is 2.28. The second-order valence-electron chi connectivity index (χ2n) is 5.42. The van der Waals surface area contributed by atoms with Gasteiger partial charge in [0.15, 0.2) is 5.11 Å². The van der Waals surface area contributed by atoms with E-state index in [0.717, 1.165) is 22.4 Å². The molecule has 122 valence electrons. The second kappa shape index (κ2) is 7.03. The fraction of sp³-hybridized carbons (Fsp3) is 0.111. The number of carbonyl (C=O) groups is 1. The van der Waals surface area contributed by atoms with Gasteiger partial charge in [-0.1, -0.05) is 54.1 Å². The molecule has 1 atom stereocenters. The van der Waals surface area contributed by atoms with E-state index < -0.39 is 5.97 Å². The van der Waals surface area contributed by atoms with Crippen molar-refractivity contribution in [1.82, 2.24) is 10.6 Å². The number of rotatable bonds is 4. The highest BCUT2D eigenvalue weighted by Crippen LogP contribution is 2.33. The van der Waals surface area contributed by atoms with Gasteiger partial charge in [0, 0.05) is 10.7 Å². The molecule has 3 N–H and O–H groups in total. The van der Waals surface area contributed by atoms with Crippen molar-refractivity contribution in [3.8, 4) is 0 Å². The fourth-order valence-corrected chi connectivity index (χ4v) is 3.09. The molecule has 0 spiro atoms. The summed E-state index contributed by atoms with van der Waals surface area (Å²) >= 11 is 11.3. The molecule has 0 fully saturated rings. The summed E-state index contributed by atoms with van der Waals surface area (Å²) < 4.78 is 0. The van der Waals surface area contributed by atoms with Gasteiger partial charge in [-0.25, -0.2) is 0 Å². The van der Waals surface area contributed by atoms with Crippen LogP contribution in [0.2, 0.25) is 5.02 Å². The molecular weight excluding hydrogens is 344 g/mol. The van der Waals surface area contributed by atoms with Crippen molar-refractivity contribution >= 4 is 40.6 Å². The highest BCUT2D eigenvalue weighted by molar-refractivity contribution is 7.80. The van der Waals surface area contributed by atoms with Crippen LogP contribution in [0.15, 0.2) is 60.2 Å². The molecule has 0 radical (unpaired) electrons. The molecule has 0 amide bonds. The molecule has 1 heterocycles. The predicted octanol–water partition coefficient (Wildman–Crippen LogP) is 3.74. The highest BCUT2D eigenvalue weighted by atomic mass is 35.5. The molecule has 0 aromatic heterocycles. The molecule has 2 aromatic carbocycles. The Kier molecular flexibility index (Phi) is 4.83. The van der Waals surface area contributed by atoms with E-state index in [9.17, 15) is 9.90 Å². The Bertz CT molecular complexity index is 804.